The Kier molecular flexibility index (Phi) is 4.20. The van der Waals surface area contributed by atoms with Gasteiger partial charge in [0, 0.05) is 36.8 Å². The van der Waals surface area contributed by atoms with E-state index >= 15 is 0 Å². The van der Waals surface area contributed by atoms with Crippen molar-refractivity contribution < 1.29 is 0 Å². The van der Waals surface area contributed by atoms with Gasteiger partial charge in [0.25, 0.3) is 0 Å². The Labute approximate surface area is 110 Å². The van der Waals surface area contributed by atoms with Crippen molar-refractivity contribution in [3.63, 3.8) is 0 Å². The zero-order chi connectivity index (χ0) is 12.3. The van der Waals surface area contributed by atoms with Crippen molar-refractivity contribution in [1.82, 2.24) is 15.1 Å². The standard InChI is InChI=1S/C12H16ClN3S/c1-3-11-9(8-16(2)15-11)6-14-7-10-4-5-12(13)17-10/h4-5,8,14H,3,6-7H2,1-2H3. The van der Waals surface area contributed by atoms with E-state index in [1.165, 1.54) is 16.1 Å². The number of nitrogens with zero attached hydrogens (tertiary/aromatic N) is 2. The minimum Gasteiger partial charge on any atom is -0.308 e. The zero-order valence-corrected chi connectivity index (χ0v) is 11.6. The number of rotatable bonds is 5. The van der Waals surface area contributed by atoms with Gasteiger partial charge < -0.3 is 5.32 Å². The van der Waals surface area contributed by atoms with Gasteiger partial charge in [0.2, 0.25) is 0 Å². The first-order valence-corrected chi connectivity index (χ1v) is 6.84. The normalized spacial score (nSPS) is 11.0. The Morgan fingerprint density at radius 3 is 2.88 bits per heavy atom. The minimum absolute atomic E-state index is 0.845. The van der Waals surface area contributed by atoms with Gasteiger partial charge in [-0.2, -0.15) is 5.10 Å². The predicted molar refractivity (Wildman–Crippen MR) is 72.5 cm³/mol. The molecule has 0 aliphatic rings. The number of thiophene rings is 1. The van der Waals surface area contributed by atoms with E-state index in [0.29, 0.717) is 0 Å². The Balaban J connectivity index is 1.89. The average molecular weight is 270 g/mol. The van der Waals surface area contributed by atoms with Crippen LogP contribution in [-0.4, -0.2) is 9.78 Å². The van der Waals surface area contributed by atoms with E-state index in [4.69, 9.17) is 11.6 Å². The Morgan fingerprint density at radius 2 is 2.24 bits per heavy atom. The molecule has 0 radical (unpaired) electrons. The maximum absolute atomic E-state index is 5.88. The molecule has 3 nitrogen and oxygen atoms in total. The van der Waals surface area contributed by atoms with Crippen LogP contribution >= 0.6 is 22.9 Å². The van der Waals surface area contributed by atoms with Crippen LogP contribution in [0.3, 0.4) is 0 Å². The van der Waals surface area contributed by atoms with Gasteiger partial charge in [-0.3, -0.25) is 4.68 Å². The summed E-state index contributed by atoms with van der Waals surface area (Å²) in [6.45, 7) is 3.84. The van der Waals surface area contributed by atoms with E-state index in [2.05, 4.69) is 29.6 Å². The fraction of sp³-hybridized carbons (Fsp3) is 0.417. The summed E-state index contributed by atoms with van der Waals surface area (Å²) in [5.41, 5.74) is 2.45. The van der Waals surface area contributed by atoms with E-state index in [0.717, 1.165) is 23.8 Å². The summed E-state index contributed by atoms with van der Waals surface area (Å²) < 4.78 is 2.72. The second-order valence-electron chi connectivity index (χ2n) is 3.94. The SMILES string of the molecule is CCc1nn(C)cc1CNCc1ccc(Cl)s1. The van der Waals surface area contributed by atoms with Crippen molar-refractivity contribution in [3.8, 4) is 0 Å². The van der Waals surface area contributed by atoms with Crippen molar-refractivity contribution >= 4 is 22.9 Å². The molecule has 0 atom stereocenters. The third-order valence-electron chi connectivity index (χ3n) is 2.57. The first-order valence-electron chi connectivity index (χ1n) is 5.65. The van der Waals surface area contributed by atoms with E-state index in [1.54, 1.807) is 11.3 Å². The molecule has 0 aliphatic heterocycles. The van der Waals surface area contributed by atoms with Crippen LogP contribution in [0.25, 0.3) is 0 Å². The van der Waals surface area contributed by atoms with Crippen molar-refractivity contribution in [2.24, 2.45) is 7.05 Å². The monoisotopic (exact) mass is 269 g/mol. The van der Waals surface area contributed by atoms with Crippen LogP contribution in [-0.2, 0) is 26.6 Å². The molecule has 0 aromatic carbocycles. The average Bonchev–Trinajstić information content (AvgIpc) is 2.85. The quantitative estimate of drug-likeness (QED) is 0.904. The van der Waals surface area contributed by atoms with Gasteiger partial charge in [0.05, 0.1) is 10.0 Å². The summed E-state index contributed by atoms with van der Waals surface area (Å²) in [4.78, 5) is 1.26. The molecule has 0 amide bonds. The van der Waals surface area contributed by atoms with Crippen LogP contribution in [0, 0.1) is 0 Å². The largest absolute Gasteiger partial charge is 0.308 e. The molecule has 0 unspecified atom stereocenters. The smallest absolute Gasteiger partial charge is 0.0931 e. The van der Waals surface area contributed by atoms with Crippen LogP contribution in [0.15, 0.2) is 18.3 Å². The van der Waals surface area contributed by atoms with Gasteiger partial charge in [-0.05, 0) is 18.6 Å². The number of nitrogens with one attached hydrogen (secondary N) is 1. The maximum atomic E-state index is 5.88. The predicted octanol–water partition coefficient (Wildman–Crippen LogP) is 2.99. The first kappa shape index (κ1) is 12.6. The van der Waals surface area contributed by atoms with Crippen LogP contribution in [0.5, 0.6) is 0 Å². The van der Waals surface area contributed by atoms with Crippen molar-refractivity contribution in [3.05, 3.63) is 38.8 Å². The number of halogens is 1. The lowest BCUT2D eigenvalue weighted by Gasteiger charge is -2.02. The minimum atomic E-state index is 0.845. The first-order chi connectivity index (χ1) is 8.19. The molecule has 2 aromatic heterocycles. The van der Waals surface area contributed by atoms with E-state index in [-0.39, 0.29) is 0 Å². The summed E-state index contributed by atoms with van der Waals surface area (Å²) in [5.74, 6) is 0. The summed E-state index contributed by atoms with van der Waals surface area (Å²) >= 11 is 7.50. The van der Waals surface area contributed by atoms with Crippen LogP contribution in [0.1, 0.15) is 23.1 Å². The molecule has 1 N–H and O–H groups in total. The molecule has 2 rings (SSSR count). The third-order valence-corrected chi connectivity index (χ3v) is 3.80. The lowest BCUT2D eigenvalue weighted by atomic mass is 10.2. The van der Waals surface area contributed by atoms with E-state index in [9.17, 15) is 0 Å². The Morgan fingerprint density at radius 1 is 1.41 bits per heavy atom. The Bertz CT molecular complexity index is 490. The molecular weight excluding hydrogens is 254 g/mol. The van der Waals surface area contributed by atoms with Gasteiger partial charge in [-0.15, -0.1) is 11.3 Å². The summed E-state index contributed by atoms with van der Waals surface area (Å²) in [6.07, 6.45) is 3.05. The van der Waals surface area contributed by atoms with Gasteiger partial charge in [-0.1, -0.05) is 18.5 Å². The highest BCUT2D eigenvalue weighted by atomic mass is 35.5. The summed E-state index contributed by atoms with van der Waals surface area (Å²) in [7, 11) is 1.96. The summed E-state index contributed by atoms with van der Waals surface area (Å²) in [6, 6.07) is 3.99. The van der Waals surface area contributed by atoms with E-state index < -0.39 is 0 Å². The lowest BCUT2D eigenvalue weighted by Crippen LogP contribution is -2.12. The molecular formula is C12H16ClN3S. The number of aromatic nitrogens is 2. The van der Waals surface area contributed by atoms with Crippen LogP contribution in [0.2, 0.25) is 4.34 Å². The number of hydrogen-bond acceptors (Lipinski definition) is 3. The zero-order valence-electron chi connectivity index (χ0n) is 10.0. The van der Waals surface area contributed by atoms with Gasteiger partial charge in [0.15, 0.2) is 0 Å². The molecule has 2 aromatic rings. The third kappa shape index (κ3) is 3.31. The maximum Gasteiger partial charge on any atom is 0.0931 e. The van der Waals surface area contributed by atoms with Crippen LogP contribution in [0.4, 0.5) is 0 Å². The molecule has 0 saturated heterocycles. The van der Waals surface area contributed by atoms with E-state index in [1.807, 2.05) is 17.8 Å². The second kappa shape index (κ2) is 5.67. The molecule has 0 fully saturated rings. The van der Waals surface area contributed by atoms with Crippen molar-refractivity contribution in [1.29, 1.82) is 0 Å². The molecule has 5 heteroatoms. The second-order valence-corrected chi connectivity index (χ2v) is 5.74. The molecule has 0 saturated carbocycles. The van der Waals surface area contributed by atoms with Gasteiger partial charge in [0.1, 0.15) is 0 Å². The molecule has 0 bridgehead atoms. The highest BCUT2D eigenvalue weighted by Crippen LogP contribution is 2.21. The van der Waals surface area contributed by atoms with Crippen LogP contribution < -0.4 is 5.32 Å². The fourth-order valence-electron chi connectivity index (χ4n) is 1.80. The number of hydrogen-bond donors (Lipinski definition) is 1. The van der Waals surface area contributed by atoms with Crippen molar-refractivity contribution in [2.45, 2.75) is 26.4 Å². The summed E-state index contributed by atoms with van der Waals surface area (Å²) in [5, 5.41) is 7.83. The number of aryl methyl sites for hydroxylation is 2. The van der Waals surface area contributed by atoms with Gasteiger partial charge in [-0.25, -0.2) is 0 Å². The molecule has 92 valence electrons. The van der Waals surface area contributed by atoms with Gasteiger partial charge >= 0.3 is 0 Å². The molecule has 0 aliphatic carbocycles. The molecule has 0 spiro atoms. The Hall–Kier alpha value is -0.840. The lowest BCUT2D eigenvalue weighted by molar-refractivity contribution is 0.695. The topological polar surface area (TPSA) is 29.9 Å². The fourth-order valence-corrected chi connectivity index (χ4v) is 2.85. The van der Waals surface area contributed by atoms with Crippen molar-refractivity contribution in [2.75, 3.05) is 0 Å². The molecule has 2 heterocycles. The highest BCUT2D eigenvalue weighted by Gasteiger charge is 2.05. The molecule has 17 heavy (non-hydrogen) atoms. The highest BCUT2D eigenvalue weighted by molar-refractivity contribution is 7.16.